The van der Waals surface area contributed by atoms with Crippen LogP contribution in [-0.4, -0.2) is 16.6 Å². The predicted octanol–water partition coefficient (Wildman–Crippen LogP) is 2.61. The van der Waals surface area contributed by atoms with Crippen molar-refractivity contribution in [3.63, 3.8) is 0 Å². The fourth-order valence-electron chi connectivity index (χ4n) is 1.26. The lowest BCUT2D eigenvalue weighted by atomic mass is 10.4. The normalized spacial score (nSPS) is 10.2. The van der Waals surface area contributed by atoms with E-state index in [9.17, 15) is 0 Å². The molecule has 0 aliphatic carbocycles. The summed E-state index contributed by atoms with van der Waals surface area (Å²) in [7, 11) is 0. The Bertz CT molecular complexity index is 490. The molecule has 0 spiro atoms. The van der Waals surface area contributed by atoms with E-state index in [1.807, 2.05) is 31.2 Å². The van der Waals surface area contributed by atoms with E-state index in [-0.39, 0.29) is 0 Å². The highest BCUT2D eigenvalue weighted by atomic mass is 32.2. The van der Waals surface area contributed by atoms with E-state index in [1.165, 1.54) is 11.8 Å². The molecule has 2 aromatic heterocycles. The summed E-state index contributed by atoms with van der Waals surface area (Å²) in [5, 5.41) is 1.72. The monoisotopic (exact) mass is 247 g/mol. The van der Waals surface area contributed by atoms with Gasteiger partial charge in [0.05, 0.1) is 12.3 Å². The SMILES string of the molecule is CCOc1nc(Sc2ccccn2)ccc1N. The van der Waals surface area contributed by atoms with Crippen molar-refractivity contribution in [2.75, 3.05) is 12.3 Å². The summed E-state index contributed by atoms with van der Waals surface area (Å²) in [6.45, 7) is 2.45. The van der Waals surface area contributed by atoms with Crippen molar-refractivity contribution >= 4 is 17.4 Å². The zero-order valence-corrected chi connectivity index (χ0v) is 10.3. The van der Waals surface area contributed by atoms with E-state index in [4.69, 9.17) is 10.5 Å². The van der Waals surface area contributed by atoms with Crippen molar-refractivity contribution < 1.29 is 4.74 Å². The Morgan fingerprint density at radius 3 is 2.82 bits per heavy atom. The van der Waals surface area contributed by atoms with Gasteiger partial charge in [0.2, 0.25) is 5.88 Å². The molecule has 0 amide bonds. The molecule has 0 radical (unpaired) electrons. The van der Waals surface area contributed by atoms with Gasteiger partial charge in [0.15, 0.2) is 0 Å². The molecule has 0 fully saturated rings. The fourth-order valence-corrected chi connectivity index (χ4v) is 2.00. The Labute approximate surface area is 104 Å². The van der Waals surface area contributed by atoms with Gasteiger partial charge in [-0.3, -0.25) is 0 Å². The summed E-state index contributed by atoms with van der Waals surface area (Å²) in [5.74, 6) is 0.480. The first-order valence-corrected chi connectivity index (χ1v) is 6.09. The zero-order valence-electron chi connectivity index (χ0n) is 9.46. The van der Waals surface area contributed by atoms with E-state index < -0.39 is 0 Å². The van der Waals surface area contributed by atoms with E-state index in [0.717, 1.165) is 10.1 Å². The highest BCUT2D eigenvalue weighted by molar-refractivity contribution is 7.99. The highest BCUT2D eigenvalue weighted by Gasteiger charge is 2.05. The molecule has 0 saturated heterocycles. The quantitative estimate of drug-likeness (QED) is 0.899. The van der Waals surface area contributed by atoms with Gasteiger partial charge in [0.1, 0.15) is 10.1 Å². The molecule has 4 nitrogen and oxygen atoms in total. The third-order valence-electron chi connectivity index (χ3n) is 1.99. The van der Waals surface area contributed by atoms with Crippen molar-refractivity contribution in [3.05, 3.63) is 36.5 Å². The molecule has 0 bridgehead atoms. The van der Waals surface area contributed by atoms with Crippen molar-refractivity contribution in [2.45, 2.75) is 17.0 Å². The van der Waals surface area contributed by atoms with Gasteiger partial charge in [-0.1, -0.05) is 6.07 Å². The lowest BCUT2D eigenvalue weighted by Crippen LogP contribution is -1.99. The summed E-state index contributed by atoms with van der Waals surface area (Å²) in [6.07, 6.45) is 1.75. The third kappa shape index (κ3) is 3.10. The van der Waals surface area contributed by atoms with Crippen LogP contribution in [0, 0.1) is 0 Å². The number of hydrogen-bond donors (Lipinski definition) is 1. The molecule has 0 aromatic carbocycles. The number of aromatic nitrogens is 2. The molecule has 0 saturated carbocycles. The maximum absolute atomic E-state index is 5.76. The minimum atomic E-state index is 0.480. The van der Waals surface area contributed by atoms with Gasteiger partial charge in [-0.15, -0.1) is 0 Å². The van der Waals surface area contributed by atoms with Crippen LogP contribution in [0.4, 0.5) is 5.69 Å². The van der Waals surface area contributed by atoms with Gasteiger partial charge in [0, 0.05) is 6.20 Å². The number of nitrogen functional groups attached to an aromatic ring is 1. The van der Waals surface area contributed by atoms with Crippen LogP contribution < -0.4 is 10.5 Å². The van der Waals surface area contributed by atoms with Crippen LogP contribution in [-0.2, 0) is 0 Å². The number of pyridine rings is 2. The second-order valence-electron chi connectivity index (χ2n) is 3.25. The second-order valence-corrected chi connectivity index (χ2v) is 4.29. The van der Waals surface area contributed by atoms with Crippen LogP contribution in [0.15, 0.2) is 46.6 Å². The van der Waals surface area contributed by atoms with E-state index in [2.05, 4.69) is 9.97 Å². The molecule has 2 heterocycles. The number of rotatable bonds is 4. The summed E-state index contributed by atoms with van der Waals surface area (Å²) in [6, 6.07) is 9.41. The largest absolute Gasteiger partial charge is 0.476 e. The molecule has 17 heavy (non-hydrogen) atoms. The van der Waals surface area contributed by atoms with E-state index in [0.29, 0.717) is 18.2 Å². The summed E-state index contributed by atoms with van der Waals surface area (Å²) in [5.41, 5.74) is 6.31. The van der Waals surface area contributed by atoms with E-state index >= 15 is 0 Å². The molecule has 0 unspecified atom stereocenters. The smallest absolute Gasteiger partial charge is 0.238 e. The van der Waals surface area contributed by atoms with Gasteiger partial charge in [-0.05, 0) is 43.0 Å². The standard InChI is InChI=1S/C12H13N3OS/c1-2-16-12-9(13)6-7-11(15-12)17-10-5-3-4-8-14-10/h3-8H,2,13H2,1H3. The Balaban J connectivity index is 2.19. The minimum Gasteiger partial charge on any atom is -0.476 e. The van der Waals surface area contributed by atoms with Crippen LogP contribution in [0.1, 0.15) is 6.92 Å². The summed E-state index contributed by atoms with van der Waals surface area (Å²) >= 11 is 1.48. The van der Waals surface area contributed by atoms with Gasteiger partial charge in [-0.25, -0.2) is 9.97 Å². The molecule has 0 aliphatic rings. The first-order chi connectivity index (χ1) is 8.29. The van der Waals surface area contributed by atoms with Crippen LogP contribution >= 0.6 is 11.8 Å². The Morgan fingerprint density at radius 1 is 1.24 bits per heavy atom. The maximum atomic E-state index is 5.76. The fraction of sp³-hybridized carbons (Fsp3) is 0.167. The number of nitrogens with two attached hydrogens (primary N) is 1. The van der Waals surface area contributed by atoms with E-state index in [1.54, 1.807) is 12.3 Å². The van der Waals surface area contributed by atoms with Crippen molar-refractivity contribution in [2.24, 2.45) is 0 Å². The van der Waals surface area contributed by atoms with Crippen LogP contribution in [0.3, 0.4) is 0 Å². The molecule has 5 heteroatoms. The molecule has 0 atom stereocenters. The third-order valence-corrected chi connectivity index (χ3v) is 2.88. The second kappa shape index (κ2) is 5.54. The van der Waals surface area contributed by atoms with Crippen LogP contribution in [0.5, 0.6) is 5.88 Å². The average molecular weight is 247 g/mol. The Hall–Kier alpha value is -1.75. The topological polar surface area (TPSA) is 61.0 Å². The molecule has 2 aromatic rings. The molecule has 0 aliphatic heterocycles. The van der Waals surface area contributed by atoms with Crippen molar-refractivity contribution in [3.8, 4) is 5.88 Å². The first kappa shape index (κ1) is 11.7. The maximum Gasteiger partial charge on any atom is 0.238 e. The predicted molar refractivity (Wildman–Crippen MR) is 68.2 cm³/mol. The first-order valence-electron chi connectivity index (χ1n) is 5.28. The van der Waals surface area contributed by atoms with Crippen LogP contribution in [0.2, 0.25) is 0 Å². The van der Waals surface area contributed by atoms with Gasteiger partial charge in [0.25, 0.3) is 0 Å². The lowest BCUT2D eigenvalue weighted by Gasteiger charge is -2.07. The molecule has 88 valence electrons. The van der Waals surface area contributed by atoms with Gasteiger partial charge < -0.3 is 10.5 Å². The Morgan fingerprint density at radius 2 is 2.12 bits per heavy atom. The number of nitrogens with zero attached hydrogens (tertiary/aromatic N) is 2. The minimum absolute atomic E-state index is 0.480. The average Bonchev–Trinajstić information content (AvgIpc) is 2.35. The molecule has 2 N–H and O–H groups in total. The number of ether oxygens (including phenoxy) is 1. The van der Waals surface area contributed by atoms with Crippen LogP contribution in [0.25, 0.3) is 0 Å². The van der Waals surface area contributed by atoms with Gasteiger partial charge >= 0.3 is 0 Å². The number of anilines is 1. The Kier molecular flexibility index (Phi) is 3.82. The zero-order chi connectivity index (χ0) is 12.1. The summed E-state index contributed by atoms with van der Waals surface area (Å²) < 4.78 is 5.35. The van der Waals surface area contributed by atoms with Crippen molar-refractivity contribution in [1.82, 2.24) is 9.97 Å². The van der Waals surface area contributed by atoms with Crippen molar-refractivity contribution in [1.29, 1.82) is 0 Å². The lowest BCUT2D eigenvalue weighted by molar-refractivity contribution is 0.326. The summed E-state index contributed by atoms with van der Waals surface area (Å²) in [4.78, 5) is 8.56. The molecule has 2 rings (SSSR count). The molecular weight excluding hydrogens is 234 g/mol. The number of hydrogen-bond acceptors (Lipinski definition) is 5. The van der Waals surface area contributed by atoms with Gasteiger partial charge in [-0.2, -0.15) is 0 Å². The molecular formula is C12H13N3OS. The highest BCUT2D eigenvalue weighted by Crippen LogP contribution is 2.28.